The monoisotopic (exact) mass is 2890 g/mol. The van der Waals surface area contributed by atoms with Crippen molar-refractivity contribution in [1.29, 1.82) is 0 Å². The van der Waals surface area contributed by atoms with Gasteiger partial charge in [0.15, 0.2) is 24.2 Å². The molecular weight excluding hydrogens is 2790 g/mol. The van der Waals surface area contributed by atoms with Crippen LogP contribution in [-0.2, 0) is 122 Å². The third-order valence-corrected chi connectivity index (χ3v) is 39.0. The van der Waals surface area contributed by atoms with Crippen molar-refractivity contribution in [3.63, 3.8) is 0 Å². The van der Waals surface area contributed by atoms with E-state index in [-0.39, 0.29) is 122 Å². The standard InChI is InChI=1S/C24H30N8Si.C20H17F3N6Si.C20H18N4Si.2C18H16N6Si.5Pt/c1-23(2,3)21-25-15-31(29-21)17-11-9-13-19(27-17)33(7,8)20-14-10-12-18(28-20)32-16-26-22(30-32)24(4,5)6;1-12-10-15(27-26-12)13-6-4-8-18(24-13)30(2,3)19-9-5-7-14(25-19)16-11-17(29-28-16)20(21,22)23;1-25(2,19-9-3-7-17(15-19)23-13-5-11-21-23)20-10-4-8-18(16-20)24-14-6-12-22-24;1-25(2,17-7-3-5-15(9-17)23-13-19-11-21-23)18-8-4-6-16(10-18)24-14-20-12-22-24;1-25(2,17-7-3-5-13(21-17)15-9-11-19-23-15)18-8-4-6-14(22-18)16-10-12-20-24-16;;;;;/h9-14H,1-8H3;4-11H,1-3H3;3-14H,1-2H3;3-8,11-14H,1-2H3;3-12H,1-2H3;;;;;/q5*-2;5*+2. The van der Waals surface area contributed by atoms with Crippen LogP contribution < -0.4 is 73.0 Å². The maximum Gasteiger partial charge on any atom is 2.00 e. The van der Waals surface area contributed by atoms with Gasteiger partial charge in [0, 0.05) is 110 Å². The molecule has 0 saturated carbocycles. The summed E-state index contributed by atoms with van der Waals surface area (Å²) in [7, 11) is -10.5. The SMILES string of the molecule is CC(C)(C)c1n[c-]n(-c2cccc([Si](C)(C)c3cccc(-n4[c-]nc(C(C)(C)C)n4)n3)n2)n1.C[Si](C)(c1[c-]c(-n2cccn2)ccc1)c1[c-]c(-n2cccn2)ccc1.C[Si](C)(c1[c-]c(-n2cncn2)ccc1)c1[c-]c(-n2cncn2)ccc1.C[Si](C)(c1cccc(-c2ccn[n-]2)n1)c1cccc(-c2ccn[n-]2)n1.Cc1cc(-c2cccc([Si](C)(C)c3cccc(-c4cc(C(F)(F)F)n[n-]4)n3)n2)[n-]n1.[Pt+2].[Pt+2].[Pt+2].[Pt+2].[Pt+2]. The summed E-state index contributed by atoms with van der Waals surface area (Å²) >= 11 is 0. The predicted octanol–water partition coefficient (Wildman–Crippen LogP) is 10.4. The number of nitrogens with zero attached hydrogens (tertiary/aromatic N) is 30. The fourth-order valence-corrected chi connectivity index (χ4v) is 25.2. The maximum atomic E-state index is 12.9. The molecule has 0 amide bonds. The van der Waals surface area contributed by atoms with Gasteiger partial charge in [-0.15, -0.1) is 24.3 Å². The molecular formula is C100H97F3N30Pt5Si5. The van der Waals surface area contributed by atoms with Crippen LogP contribution in [0.15, 0.2) is 281 Å². The number of benzene rings is 4. The van der Waals surface area contributed by atoms with Crippen LogP contribution in [0.2, 0.25) is 65.5 Å². The van der Waals surface area contributed by atoms with Crippen LogP contribution in [0.3, 0.4) is 0 Å². The minimum atomic E-state index is -4.54. The number of rotatable bonds is 20. The molecule has 0 aliphatic heterocycles. The van der Waals surface area contributed by atoms with Crippen LogP contribution >= 0.6 is 0 Å². The van der Waals surface area contributed by atoms with Gasteiger partial charge in [0.2, 0.25) is 0 Å². The number of hydrogen-bond acceptors (Lipinski definition) is 20. The minimum Gasteiger partial charge on any atom is -0.574 e. The number of pyridine rings is 6. The predicted molar refractivity (Wildman–Crippen MR) is 535 cm³/mol. The van der Waals surface area contributed by atoms with Crippen molar-refractivity contribution in [3.8, 4) is 79.9 Å². The molecule has 0 fully saturated rings. The van der Waals surface area contributed by atoms with Gasteiger partial charge in [-0.25, -0.2) is 29.5 Å². The molecule has 30 nitrogen and oxygen atoms in total. The molecule has 0 saturated heterocycles. The van der Waals surface area contributed by atoms with Crippen molar-refractivity contribution in [2.24, 2.45) is 0 Å². The summed E-state index contributed by atoms with van der Waals surface area (Å²) in [5, 5.41) is 67.8. The second-order valence-electron chi connectivity index (χ2n) is 37.1. The Bertz CT molecular complexity index is 6740. The van der Waals surface area contributed by atoms with Gasteiger partial charge in [0.25, 0.3) is 0 Å². The maximum absolute atomic E-state index is 12.9. The molecule has 0 N–H and O–H groups in total. The van der Waals surface area contributed by atoms with Crippen molar-refractivity contribution in [1.82, 2.24) is 149 Å². The number of halogens is 3. The van der Waals surface area contributed by atoms with E-state index in [1.807, 2.05) is 168 Å². The average Bonchev–Trinajstić information content (AvgIpc) is 1.79. The van der Waals surface area contributed by atoms with E-state index in [9.17, 15) is 13.2 Å². The van der Waals surface area contributed by atoms with E-state index < -0.39 is 52.2 Å². The summed E-state index contributed by atoms with van der Waals surface area (Å²) in [6.07, 6.45) is 18.6. The van der Waals surface area contributed by atoms with Gasteiger partial charge in [-0.3, -0.25) is 29.3 Å². The van der Waals surface area contributed by atoms with Crippen molar-refractivity contribution in [3.05, 3.63) is 341 Å². The van der Waals surface area contributed by atoms with Crippen LogP contribution in [0, 0.1) is 43.8 Å². The third-order valence-electron chi connectivity index (χ3n) is 23.1. The first-order chi connectivity index (χ1) is 65.9. The van der Waals surface area contributed by atoms with Crippen LogP contribution in [0.5, 0.6) is 0 Å². The van der Waals surface area contributed by atoms with Gasteiger partial charge in [0.05, 0.1) is 39.4 Å². The molecule has 143 heavy (non-hydrogen) atoms. The summed E-state index contributed by atoms with van der Waals surface area (Å²) in [6.45, 7) is 36.7. The Labute approximate surface area is 904 Å². The summed E-state index contributed by atoms with van der Waals surface area (Å²) in [4.78, 5) is 45.7. The molecule has 738 valence electrons. The van der Waals surface area contributed by atoms with E-state index >= 15 is 0 Å². The second-order valence-corrected chi connectivity index (χ2v) is 58.6. The number of alkyl halides is 3. The molecule has 0 unspecified atom stereocenters. The first-order valence-corrected chi connectivity index (χ1v) is 59.3. The van der Waals surface area contributed by atoms with E-state index in [2.05, 4.69) is 301 Å². The van der Waals surface area contributed by atoms with Crippen molar-refractivity contribution >= 4 is 93.0 Å². The first-order valence-electron chi connectivity index (χ1n) is 44.3. The molecule has 0 atom stereocenters. The Kier molecular flexibility index (Phi) is 36.7. The number of aromatic nitrogens is 30. The Balaban J connectivity index is 0.000000170. The molecule has 16 heterocycles. The van der Waals surface area contributed by atoms with Gasteiger partial charge in [0.1, 0.15) is 31.0 Å². The van der Waals surface area contributed by atoms with Crippen molar-refractivity contribution in [2.75, 3.05) is 0 Å². The second kappa shape index (κ2) is 47.2. The third kappa shape index (κ3) is 26.4. The smallest absolute Gasteiger partial charge is 0.574 e. The van der Waals surface area contributed by atoms with Crippen LogP contribution in [0.4, 0.5) is 13.2 Å². The van der Waals surface area contributed by atoms with E-state index in [0.29, 0.717) is 23.0 Å². The van der Waals surface area contributed by atoms with E-state index in [1.165, 1.54) is 33.4 Å². The molecule has 0 aliphatic carbocycles. The molecule has 16 aromatic heterocycles. The van der Waals surface area contributed by atoms with Gasteiger partial charge >= 0.3 is 112 Å². The summed E-state index contributed by atoms with van der Waals surface area (Å²) < 4.78 is 48.9. The van der Waals surface area contributed by atoms with Gasteiger partial charge in [-0.2, -0.15) is 127 Å². The minimum absolute atomic E-state index is 0. The van der Waals surface area contributed by atoms with E-state index in [0.717, 1.165) is 107 Å². The van der Waals surface area contributed by atoms with Gasteiger partial charge in [-0.1, -0.05) is 197 Å². The zero-order chi connectivity index (χ0) is 97.4. The molecule has 0 aliphatic rings. The number of aryl methyl sites for hydroxylation is 1. The molecule has 20 aromatic rings. The van der Waals surface area contributed by atoms with Gasteiger partial charge < -0.3 is 70.1 Å². The Morgan fingerprint density at radius 2 is 0.643 bits per heavy atom. The van der Waals surface area contributed by atoms with Gasteiger partial charge in [-0.05, 0) is 119 Å². The Morgan fingerprint density at radius 3 is 0.930 bits per heavy atom. The van der Waals surface area contributed by atoms with E-state index in [4.69, 9.17) is 24.9 Å². The number of hydrogen-bond donors (Lipinski definition) is 0. The average molecular weight is 2890 g/mol. The molecule has 0 bridgehead atoms. The molecule has 0 radical (unpaired) electrons. The molecule has 20 rings (SSSR count). The first kappa shape index (κ1) is 111. The fourth-order valence-electron chi connectivity index (χ4n) is 14.6. The fraction of sp³-hybridized carbons (Fsp3) is 0.200. The zero-order valence-corrected chi connectivity index (χ0v) is 97.1. The Hall–Kier alpha value is -12.1. The van der Waals surface area contributed by atoms with Crippen LogP contribution in [0.25, 0.3) is 79.9 Å². The van der Waals surface area contributed by atoms with Crippen molar-refractivity contribution < 1.29 is 118 Å². The largest absolute Gasteiger partial charge is 2.00 e. The summed E-state index contributed by atoms with van der Waals surface area (Å²) in [5.74, 6) is 2.87. The summed E-state index contributed by atoms with van der Waals surface area (Å²) in [6, 6.07) is 84.4. The van der Waals surface area contributed by atoms with Crippen LogP contribution in [0.1, 0.15) is 64.6 Å². The zero-order valence-electron chi connectivity index (χ0n) is 80.7. The van der Waals surface area contributed by atoms with Crippen LogP contribution in [-0.4, -0.2) is 169 Å². The normalized spacial score (nSPS) is 11.6. The molecule has 0 spiro atoms. The van der Waals surface area contributed by atoms with E-state index in [1.54, 1.807) is 68.3 Å². The summed E-state index contributed by atoms with van der Waals surface area (Å²) in [5.41, 5.74) is 8.34. The topological polar surface area (TPSA) is 344 Å². The molecule has 43 heteroatoms. The Morgan fingerprint density at radius 1 is 0.322 bits per heavy atom. The van der Waals surface area contributed by atoms with Crippen molar-refractivity contribution in [2.45, 2.75) is 131 Å². The molecule has 4 aromatic carbocycles. The quantitative estimate of drug-likeness (QED) is 0.0505.